The van der Waals surface area contributed by atoms with Gasteiger partial charge in [-0.3, -0.25) is 9.36 Å². The first kappa shape index (κ1) is 16.8. The standard InChI is InChI=1S/C18H26N4O2/c1-12-8-16(14(3)22(12)17-9-13(2)24-20-17)18(23)21-7-5-6-15(11-21)10-19-4/h8-9,15,19H,5-7,10-11H2,1-4H3. The number of nitrogens with zero attached hydrogens (tertiary/aromatic N) is 3. The molecule has 130 valence electrons. The summed E-state index contributed by atoms with van der Waals surface area (Å²) in [7, 11) is 1.97. The molecule has 2 aromatic heterocycles. The fourth-order valence-corrected chi connectivity index (χ4v) is 3.67. The van der Waals surface area contributed by atoms with Gasteiger partial charge in [0.15, 0.2) is 5.82 Å². The van der Waals surface area contributed by atoms with Crippen LogP contribution in [0.15, 0.2) is 16.7 Å². The van der Waals surface area contributed by atoms with Gasteiger partial charge in [0.1, 0.15) is 5.76 Å². The molecule has 0 saturated carbocycles. The van der Waals surface area contributed by atoms with Gasteiger partial charge in [0, 0.05) is 30.5 Å². The molecule has 1 amide bonds. The molecule has 1 unspecified atom stereocenters. The molecule has 1 saturated heterocycles. The van der Waals surface area contributed by atoms with Crippen LogP contribution < -0.4 is 5.32 Å². The maximum atomic E-state index is 13.0. The van der Waals surface area contributed by atoms with Crippen LogP contribution in [-0.2, 0) is 0 Å². The van der Waals surface area contributed by atoms with Crippen LogP contribution in [-0.4, -0.2) is 47.2 Å². The number of likely N-dealkylation sites (tertiary alicyclic amines) is 1. The summed E-state index contributed by atoms with van der Waals surface area (Å²) in [6.45, 7) is 8.46. The molecule has 2 aromatic rings. The molecule has 0 spiro atoms. The summed E-state index contributed by atoms with van der Waals surface area (Å²) in [6.07, 6.45) is 2.25. The molecule has 0 aliphatic carbocycles. The van der Waals surface area contributed by atoms with Gasteiger partial charge in [-0.05, 0) is 59.2 Å². The summed E-state index contributed by atoms with van der Waals surface area (Å²) >= 11 is 0. The van der Waals surface area contributed by atoms with E-state index in [2.05, 4.69) is 10.5 Å². The van der Waals surface area contributed by atoms with Crippen molar-refractivity contribution in [2.24, 2.45) is 5.92 Å². The Hall–Kier alpha value is -2.08. The maximum Gasteiger partial charge on any atom is 0.255 e. The number of carbonyl (C=O) groups is 1. The minimum atomic E-state index is 0.121. The summed E-state index contributed by atoms with van der Waals surface area (Å²) in [4.78, 5) is 15.0. The minimum Gasteiger partial charge on any atom is -0.360 e. The normalized spacial score (nSPS) is 18.2. The van der Waals surface area contributed by atoms with Crippen molar-refractivity contribution >= 4 is 5.91 Å². The molecule has 0 aromatic carbocycles. The van der Waals surface area contributed by atoms with Crippen molar-refractivity contribution in [2.75, 3.05) is 26.7 Å². The van der Waals surface area contributed by atoms with Crippen molar-refractivity contribution in [3.63, 3.8) is 0 Å². The van der Waals surface area contributed by atoms with E-state index >= 15 is 0 Å². The zero-order valence-electron chi connectivity index (χ0n) is 14.9. The Labute approximate surface area is 142 Å². The highest BCUT2D eigenvalue weighted by Gasteiger charge is 2.27. The Morgan fingerprint density at radius 3 is 2.83 bits per heavy atom. The largest absolute Gasteiger partial charge is 0.360 e. The van der Waals surface area contributed by atoms with Crippen molar-refractivity contribution in [3.05, 3.63) is 34.8 Å². The lowest BCUT2D eigenvalue weighted by Gasteiger charge is -2.32. The van der Waals surface area contributed by atoms with Crippen LogP contribution >= 0.6 is 0 Å². The van der Waals surface area contributed by atoms with Crippen LogP contribution in [0.3, 0.4) is 0 Å². The molecule has 1 atom stereocenters. The van der Waals surface area contributed by atoms with Gasteiger partial charge in [0.2, 0.25) is 0 Å². The van der Waals surface area contributed by atoms with E-state index in [0.717, 1.165) is 54.6 Å². The highest BCUT2D eigenvalue weighted by molar-refractivity contribution is 5.96. The molecule has 0 bridgehead atoms. The van der Waals surface area contributed by atoms with Crippen LogP contribution in [0.4, 0.5) is 0 Å². The predicted molar refractivity (Wildman–Crippen MR) is 92.6 cm³/mol. The number of piperidine rings is 1. The Morgan fingerprint density at radius 2 is 2.17 bits per heavy atom. The number of rotatable bonds is 4. The van der Waals surface area contributed by atoms with Crippen molar-refractivity contribution in [1.82, 2.24) is 19.9 Å². The van der Waals surface area contributed by atoms with Crippen LogP contribution in [0.2, 0.25) is 0 Å². The predicted octanol–water partition coefficient (Wildman–Crippen LogP) is 2.46. The zero-order valence-corrected chi connectivity index (χ0v) is 14.9. The average Bonchev–Trinajstić information content (AvgIpc) is 3.10. The van der Waals surface area contributed by atoms with Crippen LogP contribution in [0.25, 0.3) is 5.82 Å². The first-order valence-corrected chi connectivity index (χ1v) is 8.57. The second-order valence-electron chi connectivity index (χ2n) is 6.73. The van der Waals surface area contributed by atoms with Crippen LogP contribution in [0, 0.1) is 26.7 Å². The Balaban J connectivity index is 1.86. The summed E-state index contributed by atoms with van der Waals surface area (Å²) in [5.41, 5.74) is 2.67. The minimum absolute atomic E-state index is 0.121. The summed E-state index contributed by atoms with van der Waals surface area (Å²) in [6, 6.07) is 3.85. The second kappa shape index (κ2) is 6.81. The van der Waals surface area contributed by atoms with E-state index in [1.54, 1.807) is 0 Å². The monoisotopic (exact) mass is 330 g/mol. The molecule has 6 nitrogen and oxygen atoms in total. The molecular formula is C18H26N4O2. The van der Waals surface area contributed by atoms with Crippen molar-refractivity contribution in [2.45, 2.75) is 33.6 Å². The van der Waals surface area contributed by atoms with Gasteiger partial charge in [-0.2, -0.15) is 0 Å². The highest BCUT2D eigenvalue weighted by atomic mass is 16.5. The maximum absolute atomic E-state index is 13.0. The second-order valence-corrected chi connectivity index (χ2v) is 6.73. The third-order valence-electron chi connectivity index (χ3n) is 4.81. The Kier molecular flexibility index (Phi) is 4.76. The smallest absolute Gasteiger partial charge is 0.255 e. The first-order valence-electron chi connectivity index (χ1n) is 8.57. The number of aryl methyl sites for hydroxylation is 2. The molecule has 0 radical (unpaired) electrons. The van der Waals surface area contributed by atoms with E-state index in [-0.39, 0.29) is 5.91 Å². The van der Waals surface area contributed by atoms with Gasteiger partial charge in [-0.15, -0.1) is 0 Å². The van der Waals surface area contributed by atoms with Gasteiger partial charge in [-0.25, -0.2) is 0 Å². The van der Waals surface area contributed by atoms with Crippen molar-refractivity contribution in [3.8, 4) is 5.82 Å². The topological polar surface area (TPSA) is 63.3 Å². The van der Waals surface area contributed by atoms with Crippen molar-refractivity contribution in [1.29, 1.82) is 0 Å². The van der Waals surface area contributed by atoms with Gasteiger partial charge in [0.25, 0.3) is 5.91 Å². The fourth-order valence-electron chi connectivity index (χ4n) is 3.67. The number of hydrogen-bond donors (Lipinski definition) is 1. The Morgan fingerprint density at radius 1 is 1.38 bits per heavy atom. The average molecular weight is 330 g/mol. The molecule has 3 rings (SSSR count). The van der Waals surface area contributed by atoms with E-state index in [1.807, 2.05) is 49.4 Å². The molecule has 1 aliphatic heterocycles. The van der Waals surface area contributed by atoms with Gasteiger partial charge in [-0.1, -0.05) is 5.16 Å². The van der Waals surface area contributed by atoms with Crippen LogP contribution in [0.1, 0.15) is 40.3 Å². The van der Waals surface area contributed by atoms with E-state index < -0.39 is 0 Å². The molecule has 24 heavy (non-hydrogen) atoms. The Bertz CT molecular complexity index is 729. The van der Waals surface area contributed by atoms with Crippen molar-refractivity contribution < 1.29 is 9.32 Å². The summed E-state index contributed by atoms with van der Waals surface area (Å²) < 4.78 is 7.17. The van der Waals surface area contributed by atoms with E-state index in [1.165, 1.54) is 6.42 Å². The van der Waals surface area contributed by atoms with Gasteiger partial charge >= 0.3 is 0 Å². The lowest BCUT2D eigenvalue weighted by molar-refractivity contribution is 0.0673. The third kappa shape index (κ3) is 3.11. The molecule has 6 heteroatoms. The van der Waals surface area contributed by atoms with Crippen LogP contribution in [0.5, 0.6) is 0 Å². The molecular weight excluding hydrogens is 304 g/mol. The lowest BCUT2D eigenvalue weighted by atomic mass is 9.97. The number of amides is 1. The fraction of sp³-hybridized carbons (Fsp3) is 0.556. The molecule has 1 N–H and O–H groups in total. The van der Waals surface area contributed by atoms with Gasteiger partial charge in [0.05, 0.1) is 5.56 Å². The third-order valence-corrected chi connectivity index (χ3v) is 4.81. The number of nitrogens with one attached hydrogen (secondary N) is 1. The summed E-state index contributed by atoms with van der Waals surface area (Å²) in [5.74, 6) is 2.15. The van der Waals surface area contributed by atoms with E-state index in [0.29, 0.717) is 5.92 Å². The van der Waals surface area contributed by atoms with E-state index in [4.69, 9.17) is 4.52 Å². The number of carbonyl (C=O) groups excluding carboxylic acids is 1. The van der Waals surface area contributed by atoms with E-state index in [9.17, 15) is 4.79 Å². The zero-order chi connectivity index (χ0) is 17.3. The number of hydrogen-bond acceptors (Lipinski definition) is 4. The molecule has 1 fully saturated rings. The first-order chi connectivity index (χ1) is 11.5. The number of aromatic nitrogens is 2. The molecule has 1 aliphatic rings. The summed E-state index contributed by atoms with van der Waals surface area (Å²) in [5, 5.41) is 7.31. The highest BCUT2D eigenvalue weighted by Crippen LogP contribution is 2.24. The SMILES string of the molecule is CNCC1CCCN(C(=O)c2cc(C)n(-c3cc(C)on3)c2C)C1. The quantitative estimate of drug-likeness (QED) is 0.935. The molecule has 3 heterocycles. The lowest BCUT2D eigenvalue weighted by Crippen LogP contribution is -2.42. The van der Waals surface area contributed by atoms with Gasteiger partial charge < -0.3 is 14.7 Å².